The third-order valence-electron chi connectivity index (χ3n) is 13.5. The van der Waals surface area contributed by atoms with E-state index < -0.39 is 29.3 Å². The summed E-state index contributed by atoms with van der Waals surface area (Å²) in [6.45, 7) is 6.88. The van der Waals surface area contributed by atoms with Crippen LogP contribution in [0.5, 0.6) is 34.5 Å². The molecule has 0 spiro atoms. The smallest absolute Gasteiger partial charge is 0.336 e. The van der Waals surface area contributed by atoms with Crippen molar-refractivity contribution in [2.45, 2.75) is 117 Å². The van der Waals surface area contributed by atoms with Crippen molar-refractivity contribution in [3.63, 3.8) is 0 Å². The summed E-state index contributed by atoms with van der Waals surface area (Å²) >= 11 is 0. The highest BCUT2D eigenvalue weighted by atomic mass is 16.6. The van der Waals surface area contributed by atoms with E-state index in [-0.39, 0.29) is 26.1 Å². The van der Waals surface area contributed by atoms with Crippen molar-refractivity contribution in [1.82, 2.24) is 0 Å². The number of nitrogens with two attached hydrogens (primary N) is 2. The van der Waals surface area contributed by atoms with Crippen LogP contribution in [-0.4, -0.2) is 63.5 Å². The Bertz CT molecular complexity index is 2700. The lowest BCUT2D eigenvalue weighted by Crippen LogP contribution is -2.46. The minimum atomic E-state index is -1.68. The molecule has 0 heterocycles. The summed E-state index contributed by atoms with van der Waals surface area (Å²) in [7, 11) is 0. The molecule has 0 bridgehead atoms. The molecule has 0 aliphatic carbocycles. The maximum absolute atomic E-state index is 14.4. The average Bonchev–Trinajstić information content (AvgIpc) is 3.70. The summed E-state index contributed by atoms with van der Waals surface area (Å²) in [4.78, 5) is 53.7. The highest BCUT2D eigenvalue weighted by Crippen LogP contribution is 2.33. The normalized spacial score (nSPS) is 11.3. The Kier molecular flexibility index (Phi) is 27.6. The van der Waals surface area contributed by atoms with Gasteiger partial charge in [-0.2, -0.15) is 0 Å². The molecule has 0 saturated heterocycles. The summed E-state index contributed by atoms with van der Waals surface area (Å²) in [6.07, 6.45) is 18.8. The lowest BCUT2D eigenvalue weighted by molar-refractivity contribution is -0.173. The molecule has 0 aromatic heterocycles. The van der Waals surface area contributed by atoms with Crippen molar-refractivity contribution in [2.24, 2.45) is 5.41 Å². The summed E-state index contributed by atoms with van der Waals surface area (Å²) in [6, 6.07) is 43.2. The topological polar surface area (TPSA) is 194 Å². The predicted octanol–water partition coefficient (Wildman–Crippen LogP) is 14.4. The molecule has 6 aromatic rings. The first kappa shape index (κ1) is 63.7. The van der Waals surface area contributed by atoms with Crippen LogP contribution in [0.1, 0.15) is 126 Å². The van der Waals surface area contributed by atoms with Gasteiger partial charge in [-0.3, -0.25) is 9.59 Å². The van der Waals surface area contributed by atoms with Crippen molar-refractivity contribution < 1.29 is 57.1 Å². The Labute approximate surface area is 490 Å². The molecule has 14 heteroatoms. The molecule has 4 N–H and O–H groups in total. The SMILES string of the molecule is CCCCCOc1ccc(OC(=O)C=Cc2ccc(OCCCCCCOC(=O)C(Cc3ccc(N)cc3)(Cc3ccc(N)cc3)C(=O)OCCCCCCOc3ccc(C=CC(=O)Oc4ccc(OCCCCC)cc4)cc3)cc2)cc1. The van der Waals surface area contributed by atoms with Crippen molar-refractivity contribution in [1.29, 1.82) is 0 Å². The van der Waals surface area contributed by atoms with Crippen molar-refractivity contribution in [3.05, 3.63) is 180 Å². The Morgan fingerprint density at radius 3 is 0.976 bits per heavy atom. The van der Waals surface area contributed by atoms with E-state index >= 15 is 0 Å². The van der Waals surface area contributed by atoms with Gasteiger partial charge in [0.05, 0.1) is 39.6 Å². The second kappa shape index (κ2) is 36.0. The largest absolute Gasteiger partial charge is 0.494 e. The molecule has 0 fully saturated rings. The fraction of sp³-hybridized carbons (Fsp3) is 0.362. The number of ether oxygens (including phenoxy) is 8. The average molecular weight is 1130 g/mol. The molecule has 440 valence electrons. The predicted molar refractivity (Wildman–Crippen MR) is 327 cm³/mol. The number of nitrogen functional groups attached to an aromatic ring is 2. The van der Waals surface area contributed by atoms with Crippen LogP contribution in [0.3, 0.4) is 0 Å². The first-order valence-corrected chi connectivity index (χ1v) is 29.2. The van der Waals surface area contributed by atoms with Crippen LogP contribution in [0.2, 0.25) is 0 Å². The molecule has 6 rings (SSSR count). The van der Waals surface area contributed by atoms with Gasteiger partial charge in [0.2, 0.25) is 0 Å². The Morgan fingerprint density at radius 2 is 0.651 bits per heavy atom. The number of hydrogen-bond acceptors (Lipinski definition) is 14. The maximum Gasteiger partial charge on any atom is 0.336 e. The quantitative estimate of drug-likeness (QED) is 0.00928. The van der Waals surface area contributed by atoms with Gasteiger partial charge in [0, 0.05) is 23.5 Å². The molecule has 0 atom stereocenters. The molecular weight excluding hydrogens is 1050 g/mol. The molecule has 83 heavy (non-hydrogen) atoms. The lowest BCUT2D eigenvalue weighted by Gasteiger charge is -2.30. The number of esters is 4. The van der Waals surface area contributed by atoms with Crippen molar-refractivity contribution >= 4 is 47.4 Å². The number of rotatable bonds is 38. The van der Waals surface area contributed by atoms with Gasteiger partial charge in [0.15, 0.2) is 5.41 Å². The van der Waals surface area contributed by atoms with Gasteiger partial charge in [0.1, 0.15) is 34.5 Å². The third-order valence-corrected chi connectivity index (χ3v) is 13.5. The maximum atomic E-state index is 14.4. The number of unbranched alkanes of at least 4 members (excludes halogenated alkanes) is 10. The van der Waals surface area contributed by atoms with E-state index in [9.17, 15) is 19.2 Å². The number of hydrogen-bond donors (Lipinski definition) is 2. The summed E-state index contributed by atoms with van der Waals surface area (Å²) < 4.78 is 46.2. The second-order valence-electron chi connectivity index (χ2n) is 20.4. The first-order chi connectivity index (χ1) is 40.5. The Morgan fingerprint density at radius 1 is 0.361 bits per heavy atom. The van der Waals surface area contributed by atoms with Crippen LogP contribution in [0.15, 0.2) is 158 Å². The molecule has 14 nitrogen and oxygen atoms in total. The van der Waals surface area contributed by atoms with Gasteiger partial charge in [0.25, 0.3) is 0 Å². The van der Waals surface area contributed by atoms with Crippen molar-refractivity contribution in [2.75, 3.05) is 51.1 Å². The second-order valence-corrected chi connectivity index (χ2v) is 20.4. The van der Waals surface area contributed by atoms with Crippen LogP contribution in [0.4, 0.5) is 11.4 Å². The number of anilines is 2. The minimum Gasteiger partial charge on any atom is -0.494 e. The van der Waals surface area contributed by atoms with Gasteiger partial charge in [-0.25, -0.2) is 9.59 Å². The highest BCUT2D eigenvalue weighted by molar-refractivity contribution is 6.01. The van der Waals surface area contributed by atoms with Gasteiger partial charge < -0.3 is 49.4 Å². The van der Waals surface area contributed by atoms with E-state index in [4.69, 9.17) is 49.4 Å². The van der Waals surface area contributed by atoms with E-state index in [2.05, 4.69) is 13.8 Å². The fourth-order valence-electron chi connectivity index (χ4n) is 8.78. The highest BCUT2D eigenvalue weighted by Gasteiger charge is 2.49. The van der Waals surface area contributed by atoms with E-state index in [1.54, 1.807) is 84.9 Å². The van der Waals surface area contributed by atoms with Crippen molar-refractivity contribution in [3.8, 4) is 34.5 Å². The van der Waals surface area contributed by atoms with Gasteiger partial charge in [-0.1, -0.05) is 88.1 Å². The van der Waals surface area contributed by atoms with Gasteiger partial charge in [-0.05, 0) is 209 Å². The minimum absolute atomic E-state index is 0.0488. The molecular formula is C69H82N2O12. The monoisotopic (exact) mass is 1130 g/mol. The van der Waals surface area contributed by atoms with Crippen LogP contribution in [-0.2, 0) is 41.5 Å². The van der Waals surface area contributed by atoms with E-state index in [0.29, 0.717) is 73.6 Å². The standard InChI is InChI=1S/C69H82N2O12/c1-3-5-11-45-76-61-35-39-63(40-36-61)82-65(72)43-25-53-21-31-59(32-22-53)78-47-13-7-9-15-49-80-67(74)69(51-55-17-27-57(70)28-18-55,52-56-19-29-58(71)30-20-56)68(75)81-50-16-10-8-14-48-79-60-33-23-54(24-34-60)26-44-66(73)83-64-41-37-62(38-42-64)77-46-12-6-4-2/h17-44H,3-16,45-52,70-71H2,1-2H3. The molecule has 0 radical (unpaired) electrons. The number of carbonyl (C=O) groups excluding carboxylic acids is 4. The molecule has 0 aliphatic heterocycles. The number of carbonyl (C=O) groups is 4. The van der Waals surface area contributed by atoms with Gasteiger partial charge >= 0.3 is 23.9 Å². The lowest BCUT2D eigenvalue weighted by atomic mass is 9.76. The fourth-order valence-corrected chi connectivity index (χ4v) is 8.78. The molecule has 0 aliphatic rings. The van der Waals surface area contributed by atoms with E-state index in [1.807, 2.05) is 72.8 Å². The Hall–Kier alpha value is -8.52. The van der Waals surface area contributed by atoms with Crippen LogP contribution >= 0.6 is 0 Å². The third kappa shape index (κ3) is 23.8. The van der Waals surface area contributed by atoms with E-state index in [0.717, 1.165) is 111 Å². The molecule has 0 saturated carbocycles. The zero-order valence-electron chi connectivity index (χ0n) is 48.3. The molecule has 0 unspecified atom stereocenters. The summed E-state index contributed by atoms with van der Waals surface area (Å²) in [5, 5.41) is 0. The van der Waals surface area contributed by atoms with Crippen LogP contribution in [0.25, 0.3) is 12.2 Å². The zero-order valence-corrected chi connectivity index (χ0v) is 48.3. The zero-order chi connectivity index (χ0) is 58.7. The molecule has 0 amide bonds. The van der Waals surface area contributed by atoms with Gasteiger partial charge in [-0.15, -0.1) is 0 Å². The van der Waals surface area contributed by atoms with Crippen LogP contribution < -0.4 is 39.9 Å². The first-order valence-electron chi connectivity index (χ1n) is 29.2. The summed E-state index contributed by atoms with van der Waals surface area (Å²) in [5.41, 5.74) is 14.6. The summed E-state index contributed by atoms with van der Waals surface area (Å²) in [5.74, 6) is 1.53. The molecule has 6 aromatic carbocycles. The van der Waals surface area contributed by atoms with E-state index in [1.165, 1.54) is 12.2 Å². The van der Waals surface area contributed by atoms with Crippen LogP contribution in [0, 0.1) is 5.41 Å². The Balaban J connectivity index is 0.901. The number of benzene rings is 6.